The molecule has 0 unspecified atom stereocenters. The summed E-state index contributed by atoms with van der Waals surface area (Å²) in [7, 11) is -6.96. The molecule has 3 aliphatic rings. The van der Waals surface area contributed by atoms with Gasteiger partial charge in [0, 0.05) is 18.4 Å². The Hall–Kier alpha value is -2.46. The van der Waals surface area contributed by atoms with E-state index in [1.54, 1.807) is 17.2 Å². The first kappa shape index (κ1) is 19.8. The second kappa shape index (κ2) is 7.42. The van der Waals surface area contributed by atoms with Crippen molar-refractivity contribution in [3.8, 4) is 0 Å². The van der Waals surface area contributed by atoms with Gasteiger partial charge in [-0.25, -0.2) is 16.8 Å². The van der Waals surface area contributed by atoms with Gasteiger partial charge in [-0.15, -0.1) is 4.40 Å². The highest BCUT2D eigenvalue weighted by Gasteiger charge is 2.31. The Bertz CT molecular complexity index is 1130. The lowest BCUT2D eigenvalue weighted by atomic mass is 10.1. The average Bonchev–Trinajstić information content (AvgIpc) is 3.23. The lowest BCUT2D eigenvalue weighted by Crippen LogP contribution is -2.40. The maximum Gasteiger partial charge on any atom is 0.259 e. The number of allylic oxidation sites excluding steroid dienone is 2. The van der Waals surface area contributed by atoms with Gasteiger partial charge in [0.25, 0.3) is 15.9 Å². The van der Waals surface area contributed by atoms with Crippen LogP contribution in [0.4, 0.5) is 5.69 Å². The second-order valence-electron chi connectivity index (χ2n) is 7.25. The van der Waals surface area contributed by atoms with Crippen molar-refractivity contribution in [1.29, 1.82) is 0 Å². The normalized spacial score (nSPS) is 21.3. The number of nitrogens with one attached hydrogen (secondary N) is 1. The summed E-state index contributed by atoms with van der Waals surface area (Å²) in [4.78, 5) is 14.6. The molecule has 0 radical (unpaired) electrons. The molecule has 0 aromatic heterocycles. The number of sulfonamides is 1. The van der Waals surface area contributed by atoms with Gasteiger partial charge >= 0.3 is 0 Å². The topological polar surface area (TPSA) is 113 Å². The van der Waals surface area contributed by atoms with Gasteiger partial charge in [0.1, 0.15) is 0 Å². The Morgan fingerprint density at radius 2 is 1.83 bits per heavy atom. The number of hydrogen-bond acceptors (Lipinski definition) is 6. The summed E-state index contributed by atoms with van der Waals surface area (Å²) in [6.45, 7) is 0.232. The van der Waals surface area contributed by atoms with Crippen molar-refractivity contribution < 1.29 is 21.6 Å². The number of carbonyl (C=O) groups is 1. The minimum Gasteiger partial charge on any atom is -0.331 e. The molecule has 1 aromatic rings. The van der Waals surface area contributed by atoms with Crippen molar-refractivity contribution >= 4 is 37.3 Å². The number of rotatable bonds is 4. The zero-order valence-corrected chi connectivity index (χ0v) is 17.2. The largest absolute Gasteiger partial charge is 0.331 e. The number of carbonyl (C=O) groups excluding carboxylic acids is 1. The fraction of sp³-hybridized carbons (Fsp3) is 0.368. The van der Waals surface area contributed by atoms with Crippen LogP contribution in [0, 0.1) is 0 Å². The van der Waals surface area contributed by atoms with Crippen LogP contribution in [0.25, 0.3) is 0 Å². The zero-order chi connectivity index (χ0) is 20.6. The predicted molar refractivity (Wildman–Crippen MR) is 110 cm³/mol. The van der Waals surface area contributed by atoms with Crippen molar-refractivity contribution in [2.75, 3.05) is 17.6 Å². The molecule has 4 rings (SSSR count). The Labute approximate surface area is 170 Å². The number of benzene rings is 1. The summed E-state index contributed by atoms with van der Waals surface area (Å²) in [6.07, 6.45) is 8.06. The zero-order valence-electron chi connectivity index (χ0n) is 15.6. The maximum atomic E-state index is 12.7. The third kappa shape index (κ3) is 3.99. The number of hydrogen-bond donors (Lipinski definition) is 1. The first-order chi connectivity index (χ1) is 13.8. The van der Waals surface area contributed by atoms with E-state index in [-0.39, 0.29) is 33.9 Å². The van der Waals surface area contributed by atoms with Crippen molar-refractivity contribution in [2.45, 2.75) is 35.8 Å². The van der Waals surface area contributed by atoms with E-state index in [0.717, 1.165) is 12.8 Å². The molecule has 0 spiro atoms. The predicted octanol–water partition coefficient (Wildman–Crippen LogP) is 1.84. The van der Waals surface area contributed by atoms with E-state index >= 15 is 0 Å². The van der Waals surface area contributed by atoms with Gasteiger partial charge in [0.05, 0.1) is 21.5 Å². The Morgan fingerprint density at radius 3 is 2.52 bits per heavy atom. The summed E-state index contributed by atoms with van der Waals surface area (Å²) >= 11 is 0. The molecular weight excluding hydrogens is 414 g/mol. The van der Waals surface area contributed by atoms with E-state index in [2.05, 4.69) is 9.71 Å². The molecule has 1 amide bonds. The van der Waals surface area contributed by atoms with E-state index in [1.165, 1.54) is 30.3 Å². The van der Waals surface area contributed by atoms with Crippen LogP contribution in [0.15, 0.2) is 57.5 Å². The van der Waals surface area contributed by atoms with Crippen LogP contribution in [-0.4, -0.2) is 51.0 Å². The van der Waals surface area contributed by atoms with Crippen LogP contribution >= 0.6 is 0 Å². The van der Waals surface area contributed by atoms with Crippen LogP contribution in [0.2, 0.25) is 0 Å². The molecule has 2 heterocycles. The summed E-state index contributed by atoms with van der Waals surface area (Å²) in [5.41, 5.74) is 0.556. The number of fused-ring (bicyclic) bond motifs is 1. The van der Waals surface area contributed by atoms with Gasteiger partial charge in [0.15, 0.2) is 15.7 Å². The molecule has 0 atom stereocenters. The molecule has 1 N–H and O–H groups in total. The highest BCUT2D eigenvalue weighted by molar-refractivity contribution is 7.92. The van der Waals surface area contributed by atoms with E-state index in [9.17, 15) is 21.6 Å². The highest BCUT2D eigenvalue weighted by atomic mass is 32.2. The fourth-order valence-electron chi connectivity index (χ4n) is 3.71. The van der Waals surface area contributed by atoms with Crippen molar-refractivity contribution in [3.63, 3.8) is 0 Å². The molecule has 8 nitrogen and oxygen atoms in total. The van der Waals surface area contributed by atoms with Crippen molar-refractivity contribution in [3.05, 3.63) is 48.2 Å². The summed E-state index contributed by atoms with van der Waals surface area (Å²) < 4.78 is 52.7. The molecule has 10 heteroatoms. The molecular formula is C19H21N3O5S2. The Balaban J connectivity index is 1.52. The molecule has 29 heavy (non-hydrogen) atoms. The SMILES string of the molecule is O=C(Nc1ccc(S(=O)(=O)C2CCCC2)cc1)C1=CC=CN2CCS(=O)(=O)N=C12. The van der Waals surface area contributed by atoms with Gasteiger partial charge in [-0.2, -0.15) is 0 Å². The molecule has 2 aliphatic heterocycles. The van der Waals surface area contributed by atoms with Gasteiger partial charge in [0.2, 0.25) is 0 Å². The van der Waals surface area contributed by atoms with Crippen molar-refractivity contribution in [2.24, 2.45) is 4.40 Å². The Kier molecular flexibility index (Phi) is 5.07. The van der Waals surface area contributed by atoms with Gasteiger partial charge in [-0.1, -0.05) is 12.8 Å². The van der Waals surface area contributed by atoms with E-state index in [1.807, 2.05) is 0 Å². The lowest BCUT2D eigenvalue weighted by Gasteiger charge is -2.28. The van der Waals surface area contributed by atoms with E-state index in [4.69, 9.17) is 0 Å². The number of anilines is 1. The van der Waals surface area contributed by atoms with Crippen LogP contribution in [-0.2, 0) is 24.7 Å². The maximum absolute atomic E-state index is 12.7. The summed E-state index contributed by atoms with van der Waals surface area (Å²) in [5, 5.41) is 2.35. The number of nitrogens with zero attached hydrogens (tertiary/aromatic N) is 2. The second-order valence-corrected chi connectivity index (χ2v) is 11.2. The molecule has 154 valence electrons. The minimum absolute atomic E-state index is 0.0941. The Morgan fingerprint density at radius 1 is 1.14 bits per heavy atom. The van der Waals surface area contributed by atoms with Crippen LogP contribution < -0.4 is 5.32 Å². The molecule has 0 saturated heterocycles. The quantitative estimate of drug-likeness (QED) is 0.772. The number of sulfone groups is 1. The van der Waals surface area contributed by atoms with Gasteiger partial charge in [-0.05, 0) is 49.3 Å². The van der Waals surface area contributed by atoms with Crippen LogP contribution in [0.1, 0.15) is 25.7 Å². The average molecular weight is 436 g/mol. The number of amidine groups is 1. The van der Waals surface area contributed by atoms with Gasteiger partial charge < -0.3 is 10.2 Å². The summed E-state index contributed by atoms with van der Waals surface area (Å²) in [6, 6.07) is 6.06. The molecule has 1 aliphatic carbocycles. The highest BCUT2D eigenvalue weighted by Crippen LogP contribution is 2.30. The van der Waals surface area contributed by atoms with Crippen LogP contribution in [0.5, 0.6) is 0 Å². The summed E-state index contributed by atoms with van der Waals surface area (Å²) in [5.74, 6) is -0.523. The molecule has 1 saturated carbocycles. The first-order valence-corrected chi connectivity index (χ1v) is 12.6. The lowest BCUT2D eigenvalue weighted by molar-refractivity contribution is -0.112. The molecule has 1 aromatic carbocycles. The monoisotopic (exact) mass is 435 g/mol. The third-order valence-corrected chi connectivity index (χ3v) is 8.71. The van der Waals surface area contributed by atoms with E-state index in [0.29, 0.717) is 18.5 Å². The fourth-order valence-corrected chi connectivity index (χ4v) is 6.55. The minimum atomic E-state index is -3.60. The molecule has 0 bridgehead atoms. The first-order valence-electron chi connectivity index (χ1n) is 9.40. The molecule has 1 fully saturated rings. The number of amides is 1. The van der Waals surface area contributed by atoms with E-state index < -0.39 is 25.8 Å². The standard InChI is InChI=1S/C19H21N3O5S2/c23-19(17-6-3-11-22-12-13-28(24,25)21-18(17)22)20-14-7-9-16(10-8-14)29(26,27)15-4-1-2-5-15/h3,6-11,15H,1-2,4-5,12-13H2,(H,20,23). The van der Waals surface area contributed by atoms with Crippen molar-refractivity contribution in [1.82, 2.24) is 4.90 Å². The van der Waals surface area contributed by atoms with Crippen LogP contribution in [0.3, 0.4) is 0 Å². The third-order valence-electron chi connectivity index (χ3n) is 5.28. The smallest absolute Gasteiger partial charge is 0.259 e. The van der Waals surface area contributed by atoms with Gasteiger partial charge in [-0.3, -0.25) is 4.79 Å².